The minimum Gasteiger partial charge on any atom is -0.408 e. The van der Waals surface area contributed by atoms with Gasteiger partial charge in [0.05, 0.1) is 5.52 Å². The van der Waals surface area contributed by atoms with Gasteiger partial charge in [-0.2, -0.15) is 0 Å². The van der Waals surface area contributed by atoms with Crippen LogP contribution in [-0.4, -0.2) is 47.4 Å². The second-order valence-electron chi connectivity index (χ2n) is 6.95. The highest BCUT2D eigenvalue weighted by atomic mass is 19.1. The molecule has 150 valence electrons. The molecule has 2 heterocycles. The lowest BCUT2D eigenvalue weighted by atomic mass is 10.1. The molecular formula is C20H19FN4O4. The van der Waals surface area contributed by atoms with Gasteiger partial charge in [-0.25, -0.2) is 9.18 Å². The van der Waals surface area contributed by atoms with Crippen molar-refractivity contribution >= 4 is 34.3 Å². The van der Waals surface area contributed by atoms with Gasteiger partial charge in [-0.05, 0) is 43.3 Å². The van der Waals surface area contributed by atoms with Crippen LogP contribution in [0.3, 0.4) is 0 Å². The zero-order valence-corrected chi connectivity index (χ0v) is 15.6. The third-order valence-corrected chi connectivity index (χ3v) is 4.95. The van der Waals surface area contributed by atoms with Crippen LogP contribution in [-0.2, 0) is 9.59 Å². The van der Waals surface area contributed by atoms with Crippen molar-refractivity contribution in [2.24, 2.45) is 0 Å². The summed E-state index contributed by atoms with van der Waals surface area (Å²) in [4.78, 5) is 42.4. The number of hydrogen-bond donors (Lipinski definition) is 2. The van der Waals surface area contributed by atoms with Crippen molar-refractivity contribution in [3.63, 3.8) is 0 Å². The van der Waals surface area contributed by atoms with E-state index in [9.17, 15) is 18.8 Å². The fraction of sp³-hybridized carbons (Fsp3) is 0.250. The maximum absolute atomic E-state index is 13.1. The second-order valence-corrected chi connectivity index (χ2v) is 6.95. The highest BCUT2D eigenvalue weighted by Gasteiger charge is 2.31. The molecule has 0 radical (unpaired) electrons. The van der Waals surface area contributed by atoms with Crippen molar-refractivity contribution < 1.29 is 18.4 Å². The average molecular weight is 398 g/mol. The number of carbonyl (C=O) groups excluding carboxylic acids is 2. The lowest BCUT2D eigenvalue weighted by Crippen LogP contribution is -2.56. The van der Waals surface area contributed by atoms with Crippen molar-refractivity contribution in [2.75, 3.05) is 29.9 Å². The van der Waals surface area contributed by atoms with Crippen LogP contribution in [0.4, 0.5) is 15.8 Å². The van der Waals surface area contributed by atoms with Crippen molar-refractivity contribution in [2.45, 2.75) is 13.0 Å². The van der Waals surface area contributed by atoms with Gasteiger partial charge in [-0.1, -0.05) is 0 Å². The third-order valence-electron chi connectivity index (χ3n) is 4.95. The number of piperazine rings is 1. The van der Waals surface area contributed by atoms with Crippen LogP contribution in [0.5, 0.6) is 0 Å². The Balaban J connectivity index is 1.41. The van der Waals surface area contributed by atoms with Crippen LogP contribution in [0, 0.1) is 5.82 Å². The van der Waals surface area contributed by atoms with E-state index < -0.39 is 17.6 Å². The molecule has 0 aliphatic carbocycles. The average Bonchev–Trinajstić information content (AvgIpc) is 3.07. The van der Waals surface area contributed by atoms with Gasteiger partial charge >= 0.3 is 17.6 Å². The Morgan fingerprint density at radius 1 is 1.17 bits per heavy atom. The molecule has 0 bridgehead atoms. The molecule has 1 aliphatic heterocycles. The number of fused-ring (bicyclic) bond motifs is 1. The molecule has 1 saturated heterocycles. The summed E-state index contributed by atoms with van der Waals surface area (Å²) in [5.74, 6) is -2.28. The van der Waals surface area contributed by atoms with E-state index in [1.807, 2.05) is 11.8 Å². The van der Waals surface area contributed by atoms with Crippen LogP contribution in [0.25, 0.3) is 11.1 Å². The van der Waals surface area contributed by atoms with Crippen molar-refractivity contribution in [1.29, 1.82) is 0 Å². The van der Waals surface area contributed by atoms with Gasteiger partial charge < -0.3 is 19.5 Å². The molecule has 2 aromatic carbocycles. The number of benzene rings is 2. The van der Waals surface area contributed by atoms with E-state index in [0.29, 0.717) is 36.4 Å². The van der Waals surface area contributed by atoms with E-state index in [0.717, 1.165) is 5.69 Å². The first kappa shape index (κ1) is 18.7. The van der Waals surface area contributed by atoms with E-state index in [-0.39, 0.29) is 11.9 Å². The van der Waals surface area contributed by atoms with Crippen LogP contribution in [0.15, 0.2) is 51.7 Å². The number of amides is 2. The minimum atomic E-state index is -0.760. The first-order valence-corrected chi connectivity index (χ1v) is 9.16. The summed E-state index contributed by atoms with van der Waals surface area (Å²) in [6.45, 7) is 3.30. The van der Waals surface area contributed by atoms with E-state index in [4.69, 9.17) is 4.42 Å². The van der Waals surface area contributed by atoms with Crippen LogP contribution in [0.1, 0.15) is 6.92 Å². The van der Waals surface area contributed by atoms with Gasteiger partial charge in [-0.3, -0.25) is 14.6 Å². The van der Waals surface area contributed by atoms with Gasteiger partial charge in [0.15, 0.2) is 5.58 Å². The lowest BCUT2D eigenvalue weighted by molar-refractivity contribution is -0.144. The van der Waals surface area contributed by atoms with E-state index in [1.54, 1.807) is 24.3 Å². The molecule has 4 rings (SSSR count). The number of aromatic amines is 1. The number of aromatic nitrogens is 1. The number of oxazole rings is 1. The molecular weight excluding hydrogens is 379 g/mol. The maximum atomic E-state index is 13.1. The van der Waals surface area contributed by atoms with Crippen LogP contribution in [0.2, 0.25) is 0 Å². The van der Waals surface area contributed by atoms with E-state index in [2.05, 4.69) is 10.3 Å². The van der Waals surface area contributed by atoms with Gasteiger partial charge in [-0.15, -0.1) is 0 Å². The summed E-state index contributed by atoms with van der Waals surface area (Å²) >= 11 is 0. The monoisotopic (exact) mass is 398 g/mol. The molecule has 3 aromatic rings. The number of anilines is 2. The van der Waals surface area contributed by atoms with Crippen molar-refractivity contribution in [3.05, 3.63) is 58.8 Å². The summed E-state index contributed by atoms with van der Waals surface area (Å²) in [6, 6.07) is 10.6. The summed E-state index contributed by atoms with van der Waals surface area (Å²) < 4.78 is 18.1. The molecule has 2 amide bonds. The molecule has 1 aliphatic rings. The summed E-state index contributed by atoms with van der Waals surface area (Å²) in [6.07, 6.45) is 0. The molecule has 9 heteroatoms. The molecule has 0 spiro atoms. The quantitative estimate of drug-likeness (QED) is 0.643. The number of carbonyl (C=O) groups is 2. The van der Waals surface area contributed by atoms with E-state index >= 15 is 0 Å². The maximum Gasteiger partial charge on any atom is 0.417 e. The Morgan fingerprint density at radius 3 is 2.66 bits per heavy atom. The standard InChI is InChI=1S/C20H19FN4O4/c1-12-11-24(15-5-2-13(21)3-6-15)8-9-25(12)19(27)18(26)22-14-4-7-16-17(10-14)29-20(28)23-16/h2-7,10,12H,8-9,11H2,1H3,(H,22,26)(H,23,28)/t12-/m0/s1. The summed E-state index contributed by atoms with van der Waals surface area (Å²) in [5.41, 5.74) is 2.03. The number of rotatable bonds is 2. The predicted octanol–water partition coefficient (Wildman–Crippen LogP) is 1.94. The lowest BCUT2D eigenvalue weighted by Gasteiger charge is -2.40. The smallest absolute Gasteiger partial charge is 0.408 e. The van der Waals surface area contributed by atoms with Crippen molar-refractivity contribution in [1.82, 2.24) is 9.88 Å². The predicted molar refractivity (Wildman–Crippen MR) is 105 cm³/mol. The number of H-pyrrole nitrogens is 1. The molecule has 29 heavy (non-hydrogen) atoms. The van der Waals surface area contributed by atoms with E-state index in [1.165, 1.54) is 23.1 Å². The van der Waals surface area contributed by atoms with Gasteiger partial charge in [0.2, 0.25) is 0 Å². The fourth-order valence-corrected chi connectivity index (χ4v) is 3.48. The fourth-order valence-electron chi connectivity index (χ4n) is 3.48. The molecule has 1 aromatic heterocycles. The Morgan fingerprint density at radius 2 is 1.93 bits per heavy atom. The molecule has 0 saturated carbocycles. The highest BCUT2D eigenvalue weighted by molar-refractivity contribution is 6.39. The number of halogens is 1. The number of nitrogens with one attached hydrogen (secondary N) is 2. The van der Waals surface area contributed by atoms with Gasteiger partial charge in [0, 0.05) is 43.1 Å². The van der Waals surface area contributed by atoms with Crippen LogP contribution >= 0.6 is 0 Å². The Hall–Kier alpha value is -3.62. The SMILES string of the molecule is C[C@H]1CN(c2ccc(F)cc2)CCN1C(=O)C(=O)Nc1ccc2[nH]c(=O)oc2c1. The third kappa shape index (κ3) is 3.84. The molecule has 1 fully saturated rings. The minimum absolute atomic E-state index is 0.197. The topological polar surface area (TPSA) is 98.6 Å². The van der Waals surface area contributed by atoms with Crippen LogP contribution < -0.4 is 16.0 Å². The zero-order valence-electron chi connectivity index (χ0n) is 15.6. The zero-order chi connectivity index (χ0) is 20.5. The number of hydrogen-bond acceptors (Lipinski definition) is 5. The Kier molecular flexibility index (Phi) is 4.79. The van der Waals surface area contributed by atoms with Gasteiger partial charge in [0.25, 0.3) is 0 Å². The summed E-state index contributed by atoms with van der Waals surface area (Å²) in [5, 5.41) is 2.55. The Bertz CT molecular complexity index is 1120. The summed E-state index contributed by atoms with van der Waals surface area (Å²) in [7, 11) is 0. The normalized spacial score (nSPS) is 16.8. The highest BCUT2D eigenvalue weighted by Crippen LogP contribution is 2.20. The van der Waals surface area contributed by atoms with Gasteiger partial charge in [0.1, 0.15) is 5.82 Å². The first-order valence-electron chi connectivity index (χ1n) is 9.16. The van der Waals surface area contributed by atoms with Crippen molar-refractivity contribution in [3.8, 4) is 0 Å². The number of nitrogens with zero attached hydrogens (tertiary/aromatic N) is 2. The first-order chi connectivity index (χ1) is 13.9. The molecule has 2 N–H and O–H groups in total. The molecule has 8 nitrogen and oxygen atoms in total. The second kappa shape index (κ2) is 7.42. The molecule has 1 atom stereocenters. The Labute approximate surface area is 164 Å². The molecule has 0 unspecified atom stereocenters. The largest absolute Gasteiger partial charge is 0.417 e.